The lowest BCUT2D eigenvalue weighted by Gasteiger charge is -2.21. The van der Waals surface area contributed by atoms with Gasteiger partial charge in [-0.2, -0.15) is 0 Å². The third-order valence-electron chi connectivity index (χ3n) is 3.88. The molecule has 1 radical (unpaired) electrons. The van der Waals surface area contributed by atoms with Crippen molar-refractivity contribution in [3.05, 3.63) is 59.7 Å². The molecule has 0 heterocycles. The molecule has 22 heavy (non-hydrogen) atoms. The first-order valence-corrected chi connectivity index (χ1v) is 7.15. The van der Waals surface area contributed by atoms with Crippen molar-refractivity contribution >= 4 is 12.4 Å². The van der Waals surface area contributed by atoms with Crippen LogP contribution >= 0.6 is 0 Å². The highest BCUT2D eigenvalue weighted by molar-refractivity contribution is 5.85. The number of esters is 1. The Balaban J connectivity index is 2.12. The van der Waals surface area contributed by atoms with Crippen LogP contribution in [-0.2, 0) is 19.1 Å². The molecule has 0 N–H and O–H groups in total. The highest BCUT2D eigenvalue weighted by Gasteiger charge is 2.40. The lowest BCUT2D eigenvalue weighted by Crippen LogP contribution is -2.32. The molecule has 1 aliphatic rings. The Morgan fingerprint density at radius 3 is 2.14 bits per heavy atom. The summed E-state index contributed by atoms with van der Waals surface area (Å²) in [5.74, 6) is -0.921. The molecule has 0 saturated heterocycles. The molecule has 0 amide bonds. The zero-order valence-corrected chi connectivity index (χ0v) is 12.1. The zero-order chi connectivity index (χ0) is 15.5. The van der Waals surface area contributed by atoms with Crippen molar-refractivity contribution in [2.24, 2.45) is 0 Å². The van der Waals surface area contributed by atoms with E-state index in [4.69, 9.17) is 9.47 Å². The van der Waals surface area contributed by atoms with Crippen LogP contribution in [-0.4, -0.2) is 25.2 Å². The van der Waals surface area contributed by atoms with Gasteiger partial charge in [0.15, 0.2) is 0 Å². The van der Waals surface area contributed by atoms with Crippen LogP contribution in [0.1, 0.15) is 24.0 Å². The number of carbonyl (C=O) groups excluding carboxylic acids is 2. The van der Waals surface area contributed by atoms with Gasteiger partial charge in [0, 0.05) is 0 Å². The van der Waals surface area contributed by atoms with Gasteiger partial charge in [-0.05, 0) is 29.2 Å². The Labute approximate surface area is 128 Å². The second-order valence-electron chi connectivity index (χ2n) is 5.03. The summed E-state index contributed by atoms with van der Waals surface area (Å²) in [7, 11) is 0. The number of hydrogen-bond donors (Lipinski definition) is 0. The number of fused-ring (bicyclic) bond motifs is 3. The van der Waals surface area contributed by atoms with Crippen molar-refractivity contribution in [3.8, 4) is 11.1 Å². The molecule has 2 aromatic rings. The van der Waals surface area contributed by atoms with E-state index in [1.165, 1.54) is 6.47 Å². The maximum absolute atomic E-state index is 12.2. The van der Waals surface area contributed by atoms with E-state index in [-0.39, 0.29) is 12.5 Å². The smallest absolute Gasteiger partial charge is 0.418 e. The van der Waals surface area contributed by atoms with Crippen LogP contribution in [0.3, 0.4) is 0 Å². The molecule has 1 atom stereocenters. The third kappa shape index (κ3) is 2.26. The first-order valence-electron chi connectivity index (χ1n) is 7.15. The first-order chi connectivity index (χ1) is 10.8. The van der Waals surface area contributed by atoms with E-state index in [1.54, 1.807) is 6.92 Å². The molecule has 1 aliphatic carbocycles. The number of hydrogen-bond acceptors (Lipinski definition) is 4. The number of rotatable bonds is 5. The van der Waals surface area contributed by atoms with Crippen LogP contribution in [0.15, 0.2) is 48.5 Å². The molecule has 0 aliphatic heterocycles. The topological polar surface area (TPSA) is 52.6 Å². The minimum absolute atomic E-state index is 0.230. The monoisotopic (exact) mass is 295 g/mol. The summed E-state index contributed by atoms with van der Waals surface area (Å²) in [6.45, 7) is 3.34. The summed E-state index contributed by atoms with van der Waals surface area (Å²) >= 11 is 0. The van der Waals surface area contributed by atoms with E-state index in [1.807, 2.05) is 48.5 Å². The van der Waals surface area contributed by atoms with Gasteiger partial charge in [-0.1, -0.05) is 48.5 Å². The third-order valence-corrected chi connectivity index (χ3v) is 3.88. The van der Waals surface area contributed by atoms with Crippen molar-refractivity contribution in [3.63, 3.8) is 0 Å². The minimum Gasteiger partial charge on any atom is -0.463 e. The maximum Gasteiger partial charge on any atom is 0.418 e. The molecule has 111 valence electrons. The van der Waals surface area contributed by atoms with Gasteiger partial charge in [0.1, 0.15) is 0 Å². The predicted octanol–water partition coefficient (Wildman–Crippen LogP) is 2.81. The van der Waals surface area contributed by atoms with Crippen LogP contribution in [0.5, 0.6) is 0 Å². The summed E-state index contributed by atoms with van der Waals surface area (Å²) in [5, 5.41) is 0. The number of ether oxygens (including phenoxy) is 2. The minimum atomic E-state index is -1.03. The van der Waals surface area contributed by atoms with Crippen molar-refractivity contribution in [1.82, 2.24) is 0 Å². The van der Waals surface area contributed by atoms with Crippen molar-refractivity contribution < 1.29 is 19.1 Å². The second kappa shape index (κ2) is 6.02. The van der Waals surface area contributed by atoms with Gasteiger partial charge < -0.3 is 9.47 Å². The fraction of sp³-hybridized carbons (Fsp3) is 0.222. The SMILES string of the molecule is CCOC(=O)C(O[C]=O)C1c2ccccc2-c2ccccc21. The van der Waals surface area contributed by atoms with Crippen molar-refractivity contribution in [2.45, 2.75) is 18.9 Å². The molecule has 4 heteroatoms. The Morgan fingerprint density at radius 2 is 1.64 bits per heavy atom. The summed E-state index contributed by atoms with van der Waals surface area (Å²) < 4.78 is 10.0. The van der Waals surface area contributed by atoms with E-state index in [0.29, 0.717) is 0 Å². The maximum atomic E-state index is 12.2. The van der Waals surface area contributed by atoms with Crippen LogP contribution < -0.4 is 0 Å². The van der Waals surface area contributed by atoms with Gasteiger partial charge in [-0.25, -0.2) is 9.59 Å². The Hall–Kier alpha value is -2.62. The van der Waals surface area contributed by atoms with E-state index < -0.39 is 12.1 Å². The van der Waals surface area contributed by atoms with Crippen LogP contribution in [0.2, 0.25) is 0 Å². The van der Waals surface area contributed by atoms with Crippen molar-refractivity contribution in [2.75, 3.05) is 6.61 Å². The molecule has 2 aromatic carbocycles. The fourth-order valence-corrected chi connectivity index (χ4v) is 3.05. The summed E-state index contributed by atoms with van der Waals surface area (Å²) in [6, 6.07) is 15.6. The van der Waals surface area contributed by atoms with Gasteiger partial charge in [-0.15, -0.1) is 0 Å². The number of carbonyl (C=O) groups is 1. The molecule has 0 aromatic heterocycles. The standard InChI is InChI=1S/C18H15O4/c1-2-21-18(20)17(22-11-19)16-14-9-5-3-7-12(14)13-8-4-6-10-15(13)16/h3-10,16-17H,2H2,1H3. The summed E-state index contributed by atoms with van der Waals surface area (Å²) in [4.78, 5) is 23.0. The average molecular weight is 295 g/mol. The molecular weight excluding hydrogens is 280 g/mol. The van der Waals surface area contributed by atoms with Crippen LogP contribution in [0, 0.1) is 0 Å². The van der Waals surface area contributed by atoms with Gasteiger partial charge in [0.2, 0.25) is 6.10 Å². The molecule has 1 unspecified atom stereocenters. The fourth-order valence-electron chi connectivity index (χ4n) is 3.05. The van der Waals surface area contributed by atoms with E-state index in [0.717, 1.165) is 22.3 Å². The molecule has 0 saturated carbocycles. The average Bonchev–Trinajstić information content (AvgIpc) is 2.87. The zero-order valence-electron chi connectivity index (χ0n) is 12.1. The van der Waals surface area contributed by atoms with Crippen LogP contribution in [0.4, 0.5) is 0 Å². The lowest BCUT2D eigenvalue weighted by molar-refractivity contribution is -0.152. The highest BCUT2D eigenvalue weighted by Crippen LogP contribution is 2.46. The van der Waals surface area contributed by atoms with E-state index in [9.17, 15) is 9.59 Å². The molecule has 0 fully saturated rings. The van der Waals surface area contributed by atoms with Gasteiger partial charge in [0.25, 0.3) is 0 Å². The Morgan fingerprint density at radius 1 is 1.09 bits per heavy atom. The van der Waals surface area contributed by atoms with Gasteiger partial charge in [-0.3, -0.25) is 0 Å². The summed E-state index contributed by atoms with van der Waals surface area (Å²) in [6.07, 6.45) is -1.03. The Kier molecular flexibility index (Phi) is 3.92. The van der Waals surface area contributed by atoms with Crippen LogP contribution in [0.25, 0.3) is 11.1 Å². The van der Waals surface area contributed by atoms with E-state index in [2.05, 4.69) is 0 Å². The normalized spacial score (nSPS) is 13.9. The lowest BCUT2D eigenvalue weighted by atomic mass is 9.91. The molecule has 0 bridgehead atoms. The largest absolute Gasteiger partial charge is 0.463 e. The molecule has 0 spiro atoms. The van der Waals surface area contributed by atoms with E-state index >= 15 is 0 Å². The molecule has 4 nitrogen and oxygen atoms in total. The first kappa shape index (κ1) is 14.3. The predicted molar refractivity (Wildman–Crippen MR) is 80.9 cm³/mol. The highest BCUT2D eigenvalue weighted by atomic mass is 16.6. The second-order valence-corrected chi connectivity index (χ2v) is 5.03. The van der Waals surface area contributed by atoms with Gasteiger partial charge in [0.05, 0.1) is 12.5 Å². The van der Waals surface area contributed by atoms with Gasteiger partial charge >= 0.3 is 12.4 Å². The summed E-state index contributed by atoms with van der Waals surface area (Å²) in [5.41, 5.74) is 4.01. The molecular formula is C18H15O4. The number of benzene rings is 2. The quantitative estimate of drug-likeness (QED) is 0.796. The van der Waals surface area contributed by atoms with Crippen molar-refractivity contribution in [1.29, 1.82) is 0 Å². The Bertz CT molecular complexity index is 662. The molecule has 3 rings (SSSR count).